The number of unbranched alkanes of at least 4 members (excludes halogenated alkanes) is 1. The van der Waals surface area contributed by atoms with Gasteiger partial charge in [-0.3, -0.25) is 0 Å². The molecule has 0 aliphatic carbocycles. The zero-order valence-electron chi connectivity index (χ0n) is 12.7. The van der Waals surface area contributed by atoms with E-state index < -0.39 is 11.8 Å². The van der Waals surface area contributed by atoms with Gasteiger partial charge in [0.05, 0.1) is 6.61 Å². The van der Waals surface area contributed by atoms with Crippen LogP contribution in [0.5, 0.6) is 5.75 Å². The molecule has 4 nitrogen and oxygen atoms in total. The van der Waals surface area contributed by atoms with Crippen LogP contribution in [-0.2, 0) is 16.0 Å². The first-order chi connectivity index (χ1) is 10.1. The highest BCUT2D eigenvalue weighted by Gasteiger charge is 2.10. The Morgan fingerprint density at radius 2 is 2.14 bits per heavy atom. The largest absolute Gasteiger partial charge is 0.479 e. The summed E-state index contributed by atoms with van der Waals surface area (Å²) in [6.07, 6.45) is 3.22. The first kappa shape index (κ1) is 17.4. The van der Waals surface area contributed by atoms with Gasteiger partial charge in [0, 0.05) is 6.04 Å². The molecule has 0 aliphatic rings. The van der Waals surface area contributed by atoms with Crippen LogP contribution in [0.4, 0.5) is 4.39 Å². The Hall–Kier alpha value is -1.62. The molecule has 0 fully saturated rings. The van der Waals surface area contributed by atoms with Crippen LogP contribution in [0, 0.1) is 5.82 Å². The fraction of sp³-hybridized carbons (Fsp3) is 0.562. The third-order valence-corrected chi connectivity index (χ3v) is 3.13. The van der Waals surface area contributed by atoms with Crippen molar-refractivity contribution in [3.8, 4) is 5.75 Å². The van der Waals surface area contributed by atoms with E-state index in [-0.39, 0.29) is 18.4 Å². The van der Waals surface area contributed by atoms with E-state index in [2.05, 4.69) is 0 Å². The van der Waals surface area contributed by atoms with E-state index in [0.29, 0.717) is 13.0 Å². The Labute approximate surface area is 125 Å². The van der Waals surface area contributed by atoms with Crippen molar-refractivity contribution in [1.82, 2.24) is 0 Å². The van der Waals surface area contributed by atoms with Crippen LogP contribution in [0.3, 0.4) is 0 Å². The van der Waals surface area contributed by atoms with E-state index in [0.717, 1.165) is 24.8 Å². The van der Waals surface area contributed by atoms with E-state index in [1.165, 1.54) is 12.1 Å². The van der Waals surface area contributed by atoms with Gasteiger partial charge in [-0.1, -0.05) is 26.3 Å². The maximum atomic E-state index is 13.8. The third-order valence-electron chi connectivity index (χ3n) is 3.13. The van der Waals surface area contributed by atoms with Crippen LogP contribution in [0.15, 0.2) is 18.2 Å². The standard InChI is InChI=1S/C16H24FNO3/c1-3-5-8-20-16(19)11-21-15-7-6-12(10-14(15)17)9-13(18)4-2/h6-7,10,13H,3-5,8-9,11,18H2,1-2H3. The number of benzene rings is 1. The molecule has 0 saturated carbocycles. The number of hydrogen-bond donors (Lipinski definition) is 1. The van der Waals surface area contributed by atoms with E-state index >= 15 is 0 Å². The molecule has 1 rings (SSSR count). The molecule has 2 N–H and O–H groups in total. The molecule has 1 aromatic carbocycles. The lowest BCUT2D eigenvalue weighted by molar-refractivity contribution is -0.146. The van der Waals surface area contributed by atoms with Gasteiger partial charge in [0.25, 0.3) is 0 Å². The zero-order valence-corrected chi connectivity index (χ0v) is 12.7. The van der Waals surface area contributed by atoms with E-state index in [1.807, 2.05) is 13.8 Å². The molecule has 0 aromatic heterocycles. The quantitative estimate of drug-likeness (QED) is 0.562. The maximum Gasteiger partial charge on any atom is 0.344 e. The molecule has 0 spiro atoms. The molecule has 0 bridgehead atoms. The number of carbonyl (C=O) groups excluding carboxylic acids is 1. The summed E-state index contributed by atoms with van der Waals surface area (Å²) in [6.45, 7) is 4.08. The van der Waals surface area contributed by atoms with Crippen molar-refractivity contribution in [2.75, 3.05) is 13.2 Å². The minimum Gasteiger partial charge on any atom is -0.479 e. The molecule has 0 amide bonds. The van der Waals surface area contributed by atoms with Gasteiger partial charge in [0.2, 0.25) is 0 Å². The molecule has 118 valence electrons. The SMILES string of the molecule is CCCCOC(=O)COc1ccc(CC(N)CC)cc1F. The molecule has 0 saturated heterocycles. The van der Waals surface area contributed by atoms with Gasteiger partial charge in [-0.2, -0.15) is 0 Å². The van der Waals surface area contributed by atoms with Crippen molar-refractivity contribution in [1.29, 1.82) is 0 Å². The van der Waals surface area contributed by atoms with Gasteiger partial charge in [-0.05, 0) is 37.0 Å². The Morgan fingerprint density at radius 3 is 2.76 bits per heavy atom. The molecule has 21 heavy (non-hydrogen) atoms. The van der Waals surface area contributed by atoms with E-state index in [4.69, 9.17) is 15.2 Å². The molecule has 0 aliphatic heterocycles. The summed E-state index contributed by atoms with van der Waals surface area (Å²) in [5.41, 5.74) is 6.65. The highest BCUT2D eigenvalue weighted by Crippen LogP contribution is 2.19. The minimum atomic E-state index is -0.489. The summed E-state index contributed by atoms with van der Waals surface area (Å²) in [5, 5.41) is 0. The Kier molecular flexibility index (Phi) is 7.75. The Balaban J connectivity index is 2.47. The molecule has 1 unspecified atom stereocenters. The molecule has 1 atom stereocenters. The molecule has 5 heteroatoms. The highest BCUT2D eigenvalue weighted by atomic mass is 19.1. The molecule has 0 heterocycles. The highest BCUT2D eigenvalue weighted by molar-refractivity contribution is 5.71. The smallest absolute Gasteiger partial charge is 0.344 e. The molecular formula is C16H24FNO3. The number of nitrogens with two attached hydrogens (primary N) is 1. The normalized spacial score (nSPS) is 12.0. The molecule has 0 radical (unpaired) electrons. The zero-order chi connectivity index (χ0) is 15.7. The summed E-state index contributed by atoms with van der Waals surface area (Å²) in [7, 11) is 0. The van der Waals surface area contributed by atoms with E-state index in [9.17, 15) is 9.18 Å². The maximum absolute atomic E-state index is 13.8. The number of rotatable bonds is 9. The monoisotopic (exact) mass is 297 g/mol. The van der Waals surface area contributed by atoms with Crippen molar-refractivity contribution < 1.29 is 18.7 Å². The lowest BCUT2D eigenvalue weighted by Gasteiger charge is -2.11. The first-order valence-electron chi connectivity index (χ1n) is 7.39. The summed E-state index contributed by atoms with van der Waals surface area (Å²) >= 11 is 0. The fourth-order valence-corrected chi connectivity index (χ4v) is 1.74. The average molecular weight is 297 g/mol. The van der Waals surface area contributed by atoms with Crippen molar-refractivity contribution in [3.63, 3.8) is 0 Å². The van der Waals surface area contributed by atoms with Crippen molar-refractivity contribution >= 4 is 5.97 Å². The number of carbonyl (C=O) groups is 1. The summed E-state index contributed by atoms with van der Waals surface area (Å²) in [4.78, 5) is 11.4. The second kappa shape index (κ2) is 9.34. The number of ether oxygens (including phenoxy) is 2. The predicted molar refractivity (Wildman–Crippen MR) is 79.7 cm³/mol. The van der Waals surface area contributed by atoms with Crippen LogP contribution in [0.1, 0.15) is 38.7 Å². The first-order valence-corrected chi connectivity index (χ1v) is 7.39. The lowest BCUT2D eigenvalue weighted by Crippen LogP contribution is -2.21. The average Bonchev–Trinajstić information content (AvgIpc) is 2.46. The fourth-order valence-electron chi connectivity index (χ4n) is 1.74. The van der Waals surface area contributed by atoms with Gasteiger partial charge in [-0.15, -0.1) is 0 Å². The number of esters is 1. The minimum absolute atomic E-state index is 0.0183. The van der Waals surface area contributed by atoms with Crippen molar-refractivity contribution in [2.24, 2.45) is 5.73 Å². The Bertz CT molecular complexity index is 451. The second-order valence-electron chi connectivity index (χ2n) is 5.00. The van der Waals surface area contributed by atoms with Crippen LogP contribution < -0.4 is 10.5 Å². The number of hydrogen-bond acceptors (Lipinski definition) is 4. The van der Waals surface area contributed by atoms with Gasteiger partial charge < -0.3 is 15.2 Å². The van der Waals surface area contributed by atoms with Crippen LogP contribution in [0.2, 0.25) is 0 Å². The number of halogens is 1. The van der Waals surface area contributed by atoms with E-state index in [1.54, 1.807) is 6.07 Å². The lowest BCUT2D eigenvalue weighted by atomic mass is 10.0. The summed E-state index contributed by atoms with van der Waals surface area (Å²) in [5.74, 6) is -0.923. The van der Waals surface area contributed by atoms with Crippen LogP contribution >= 0.6 is 0 Å². The van der Waals surface area contributed by atoms with Crippen molar-refractivity contribution in [3.05, 3.63) is 29.6 Å². The van der Waals surface area contributed by atoms with Crippen molar-refractivity contribution in [2.45, 2.75) is 45.6 Å². The summed E-state index contributed by atoms with van der Waals surface area (Å²) < 4.78 is 23.9. The van der Waals surface area contributed by atoms with Gasteiger partial charge in [0.1, 0.15) is 0 Å². The van der Waals surface area contributed by atoms with Gasteiger partial charge >= 0.3 is 5.97 Å². The van der Waals surface area contributed by atoms with Crippen LogP contribution in [0.25, 0.3) is 0 Å². The molecular weight excluding hydrogens is 273 g/mol. The predicted octanol–water partition coefficient (Wildman–Crippen LogP) is 2.83. The summed E-state index contributed by atoms with van der Waals surface area (Å²) in [6, 6.07) is 4.69. The third kappa shape index (κ3) is 6.58. The second-order valence-corrected chi connectivity index (χ2v) is 5.00. The molecule has 1 aromatic rings. The van der Waals surface area contributed by atoms with Gasteiger partial charge in [-0.25, -0.2) is 9.18 Å². The van der Waals surface area contributed by atoms with Gasteiger partial charge in [0.15, 0.2) is 18.2 Å². The van der Waals surface area contributed by atoms with Crippen LogP contribution in [-0.4, -0.2) is 25.2 Å². The topological polar surface area (TPSA) is 61.5 Å². The Morgan fingerprint density at radius 1 is 1.38 bits per heavy atom.